The van der Waals surface area contributed by atoms with Crippen LogP contribution in [-0.4, -0.2) is 29.9 Å². The molecule has 1 rings (SSSR count). The van der Waals surface area contributed by atoms with E-state index in [1.165, 1.54) is 17.3 Å². The summed E-state index contributed by atoms with van der Waals surface area (Å²) in [4.78, 5) is 12.3. The molecular formula is C11H15NO2S. The number of aryl methyl sites for hydroxylation is 1. The van der Waals surface area contributed by atoms with Crippen molar-refractivity contribution in [3.63, 3.8) is 0 Å². The van der Waals surface area contributed by atoms with Crippen LogP contribution < -0.4 is 5.32 Å². The second-order valence-corrected chi connectivity index (χ2v) is 4.23. The minimum Gasteiger partial charge on any atom is -0.395 e. The summed E-state index contributed by atoms with van der Waals surface area (Å²) in [5.74, 6) is 0.347. The van der Waals surface area contributed by atoms with E-state index in [1.54, 1.807) is 0 Å². The first-order valence-electron chi connectivity index (χ1n) is 4.79. The molecular weight excluding hydrogens is 210 g/mol. The maximum absolute atomic E-state index is 11.2. The quantitative estimate of drug-likeness (QED) is 0.740. The summed E-state index contributed by atoms with van der Waals surface area (Å²) in [7, 11) is 0. The van der Waals surface area contributed by atoms with Crippen LogP contribution in [-0.2, 0) is 4.79 Å². The number of amides is 1. The Hall–Kier alpha value is -1.00. The molecule has 3 nitrogen and oxygen atoms in total. The standard InChI is InChI=1S/C11H15NO2S/c1-9-3-2-4-10(7-9)15-8-11(14)12-5-6-13/h2-4,7,13H,5-6,8H2,1H3,(H,12,14). The van der Waals surface area contributed by atoms with E-state index in [9.17, 15) is 4.79 Å². The molecule has 0 aliphatic rings. The molecule has 0 spiro atoms. The first kappa shape index (κ1) is 12.1. The number of hydrogen-bond donors (Lipinski definition) is 2. The summed E-state index contributed by atoms with van der Waals surface area (Å²) in [6.45, 7) is 2.34. The molecule has 0 aliphatic carbocycles. The van der Waals surface area contributed by atoms with Crippen molar-refractivity contribution >= 4 is 17.7 Å². The van der Waals surface area contributed by atoms with E-state index < -0.39 is 0 Å². The van der Waals surface area contributed by atoms with Gasteiger partial charge in [0.15, 0.2) is 0 Å². The van der Waals surface area contributed by atoms with Crippen LogP contribution in [0.1, 0.15) is 5.56 Å². The lowest BCUT2D eigenvalue weighted by molar-refractivity contribution is -0.118. The van der Waals surface area contributed by atoms with Crippen molar-refractivity contribution in [3.05, 3.63) is 29.8 Å². The van der Waals surface area contributed by atoms with Crippen molar-refractivity contribution in [3.8, 4) is 0 Å². The van der Waals surface area contributed by atoms with Gasteiger partial charge in [-0.15, -0.1) is 11.8 Å². The van der Waals surface area contributed by atoms with Gasteiger partial charge in [0.05, 0.1) is 12.4 Å². The fourth-order valence-corrected chi connectivity index (χ4v) is 1.94. The monoisotopic (exact) mass is 225 g/mol. The summed E-state index contributed by atoms with van der Waals surface area (Å²) in [5.41, 5.74) is 1.19. The fourth-order valence-electron chi connectivity index (χ4n) is 1.10. The predicted octanol–water partition coefficient (Wildman–Crippen LogP) is 1.20. The lowest BCUT2D eigenvalue weighted by Gasteiger charge is -2.03. The van der Waals surface area contributed by atoms with Crippen molar-refractivity contribution in [2.45, 2.75) is 11.8 Å². The SMILES string of the molecule is Cc1cccc(SCC(=O)NCCO)c1. The van der Waals surface area contributed by atoms with Crippen LogP contribution >= 0.6 is 11.8 Å². The number of aliphatic hydroxyl groups is 1. The molecule has 0 fully saturated rings. The number of thioether (sulfide) groups is 1. The minimum atomic E-state index is -0.0458. The van der Waals surface area contributed by atoms with Gasteiger partial charge in [0.1, 0.15) is 0 Å². The summed E-state index contributed by atoms with van der Waals surface area (Å²) >= 11 is 1.50. The van der Waals surface area contributed by atoms with Crippen LogP contribution in [0.2, 0.25) is 0 Å². The second kappa shape index (κ2) is 6.48. The van der Waals surface area contributed by atoms with Gasteiger partial charge in [-0.3, -0.25) is 4.79 Å². The van der Waals surface area contributed by atoms with Gasteiger partial charge in [0.25, 0.3) is 0 Å². The Kier molecular flexibility index (Phi) is 5.21. The van der Waals surface area contributed by atoms with Crippen LogP contribution in [0.25, 0.3) is 0 Å². The molecule has 82 valence electrons. The van der Waals surface area contributed by atoms with Crippen LogP contribution in [0.4, 0.5) is 0 Å². The van der Waals surface area contributed by atoms with E-state index in [-0.39, 0.29) is 12.5 Å². The van der Waals surface area contributed by atoms with Gasteiger partial charge >= 0.3 is 0 Å². The van der Waals surface area contributed by atoms with Gasteiger partial charge in [-0.2, -0.15) is 0 Å². The Balaban J connectivity index is 2.33. The zero-order chi connectivity index (χ0) is 11.1. The van der Waals surface area contributed by atoms with Crippen LogP contribution in [0.15, 0.2) is 29.2 Å². The zero-order valence-corrected chi connectivity index (χ0v) is 9.51. The topological polar surface area (TPSA) is 49.3 Å². The Morgan fingerprint density at radius 2 is 2.33 bits per heavy atom. The van der Waals surface area contributed by atoms with E-state index in [0.717, 1.165) is 4.90 Å². The molecule has 4 heteroatoms. The van der Waals surface area contributed by atoms with Crippen LogP contribution in [0.5, 0.6) is 0 Å². The summed E-state index contributed by atoms with van der Waals surface area (Å²) in [6, 6.07) is 8.03. The number of benzene rings is 1. The first-order chi connectivity index (χ1) is 7.22. The normalized spacial score (nSPS) is 10.0. The molecule has 0 saturated carbocycles. The molecule has 0 atom stereocenters. The Labute approximate surface area is 93.9 Å². The lowest BCUT2D eigenvalue weighted by Crippen LogP contribution is -2.27. The Bertz CT molecular complexity index is 328. The highest BCUT2D eigenvalue weighted by Gasteiger charge is 2.01. The number of rotatable bonds is 5. The van der Waals surface area contributed by atoms with Gasteiger partial charge in [0, 0.05) is 11.4 Å². The van der Waals surface area contributed by atoms with E-state index in [4.69, 9.17) is 5.11 Å². The minimum absolute atomic E-state index is 0.0130. The lowest BCUT2D eigenvalue weighted by atomic mass is 10.2. The molecule has 1 aromatic rings. The van der Waals surface area contributed by atoms with Crippen LogP contribution in [0.3, 0.4) is 0 Å². The van der Waals surface area contributed by atoms with Crippen molar-refractivity contribution < 1.29 is 9.90 Å². The predicted molar refractivity (Wildman–Crippen MR) is 62.0 cm³/mol. The molecule has 15 heavy (non-hydrogen) atoms. The van der Waals surface area contributed by atoms with E-state index in [1.807, 2.05) is 31.2 Å². The third-order valence-electron chi connectivity index (χ3n) is 1.79. The molecule has 0 saturated heterocycles. The third-order valence-corrected chi connectivity index (χ3v) is 2.79. The zero-order valence-electron chi connectivity index (χ0n) is 8.69. The van der Waals surface area contributed by atoms with Crippen molar-refractivity contribution in [2.24, 2.45) is 0 Å². The second-order valence-electron chi connectivity index (χ2n) is 3.18. The largest absolute Gasteiger partial charge is 0.395 e. The number of aliphatic hydroxyl groups excluding tert-OH is 1. The molecule has 0 bridgehead atoms. The molecule has 0 radical (unpaired) electrons. The number of nitrogens with one attached hydrogen (secondary N) is 1. The highest BCUT2D eigenvalue weighted by molar-refractivity contribution is 8.00. The van der Waals surface area contributed by atoms with E-state index >= 15 is 0 Å². The van der Waals surface area contributed by atoms with Gasteiger partial charge in [-0.25, -0.2) is 0 Å². The maximum Gasteiger partial charge on any atom is 0.230 e. The Morgan fingerprint density at radius 3 is 3.00 bits per heavy atom. The summed E-state index contributed by atoms with van der Waals surface area (Å²) in [5, 5.41) is 11.1. The third kappa shape index (κ3) is 4.85. The number of hydrogen-bond acceptors (Lipinski definition) is 3. The molecule has 0 aliphatic heterocycles. The summed E-state index contributed by atoms with van der Waals surface area (Å²) < 4.78 is 0. The molecule has 0 aromatic heterocycles. The van der Waals surface area contributed by atoms with E-state index in [2.05, 4.69) is 5.32 Å². The fraction of sp³-hybridized carbons (Fsp3) is 0.364. The van der Waals surface area contributed by atoms with Crippen LogP contribution in [0, 0.1) is 6.92 Å². The average molecular weight is 225 g/mol. The summed E-state index contributed by atoms with van der Waals surface area (Å²) in [6.07, 6.45) is 0. The van der Waals surface area contributed by atoms with Crippen molar-refractivity contribution in [1.29, 1.82) is 0 Å². The number of carbonyl (C=O) groups is 1. The molecule has 1 amide bonds. The van der Waals surface area contributed by atoms with Crippen molar-refractivity contribution in [1.82, 2.24) is 5.32 Å². The van der Waals surface area contributed by atoms with Crippen molar-refractivity contribution in [2.75, 3.05) is 18.9 Å². The molecule has 0 heterocycles. The van der Waals surface area contributed by atoms with Gasteiger partial charge < -0.3 is 10.4 Å². The average Bonchev–Trinajstić information content (AvgIpc) is 2.23. The van der Waals surface area contributed by atoms with Gasteiger partial charge in [-0.1, -0.05) is 17.7 Å². The molecule has 2 N–H and O–H groups in total. The maximum atomic E-state index is 11.2. The van der Waals surface area contributed by atoms with Gasteiger partial charge in [0.2, 0.25) is 5.91 Å². The smallest absolute Gasteiger partial charge is 0.230 e. The highest BCUT2D eigenvalue weighted by atomic mass is 32.2. The van der Waals surface area contributed by atoms with E-state index in [0.29, 0.717) is 12.3 Å². The highest BCUT2D eigenvalue weighted by Crippen LogP contribution is 2.18. The molecule has 0 unspecified atom stereocenters. The number of carbonyl (C=O) groups excluding carboxylic acids is 1. The first-order valence-corrected chi connectivity index (χ1v) is 5.78. The Morgan fingerprint density at radius 1 is 1.53 bits per heavy atom. The van der Waals surface area contributed by atoms with Gasteiger partial charge in [-0.05, 0) is 19.1 Å². The molecule has 1 aromatic carbocycles.